The number of nitrogens with one attached hydrogen (secondary N) is 1. The SMILES string of the molecule is CCCCCCC(COC(C)=O)NC(C)=O. The van der Waals surface area contributed by atoms with Gasteiger partial charge in [0, 0.05) is 13.8 Å². The summed E-state index contributed by atoms with van der Waals surface area (Å²) < 4.78 is 4.91. The number of unbranched alkanes of at least 4 members (excludes halogenated alkanes) is 3. The van der Waals surface area contributed by atoms with E-state index in [-0.39, 0.29) is 24.5 Å². The van der Waals surface area contributed by atoms with E-state index in [4.69, 9.17) is 4.74 Å². The Bertz CT molecular complexity index is 216. The van der Waals surface area contributed by atoms with Crippen molar-refractivity contribution in [3.05, 3.63) is 0 Å². The van der Waals surface area contributed by atoms with Gasteiger partial charge in [-0.1, -0.05) is 32.6 Å². The third kappa shape index (κ3) is 9.49. The van der Waals surface area contributed by atoms with E-state index in [9.17, 15) is 9.59 Å². The smallest absolute Gasteiger partial charge is 0.302 e. The molecule has 1 unspecified atom stereocenters. The third-order valence-corrected chi connectivity index (χ3v) is 2.30. The summed E-state index contributed by atoms with van der Waals surface area (Å²) in [6, 6.07) is -0.0433. The molecule has 0 saturated carbocycles. The zero-order chi connectivity index (χ0) is 12.4. The van der Waals surface area contributed by atoms with Gasteiger partial charge in [0.25, 0.3) is 0 Å². The Morgan fingerprint density at radius 3 is 2.38 bits per heavy atom. The predicted molar refractivity (Wildman–Crippen MR) is 63.0 cm³/mol. The predicted octanol–water partition coefficient (Wildman–Crippen LogP) is 2.02. The van der Waals surface area contributed by atoms with Crippen molar-refractivity contribution in [1.29, 1.82) is 0 Å². The van der Waals surface area contributed by atoms with Gasteiger partial charge in [-0.25, -0.2) is 0 Å². The summed E-state index contributed by atoms with van der Waals surface area (Å²) in [5.74, 6) is -0.378. The number of carbonyl (C=O) groups excluding carboxylic acids is 2. The molecule has 1 amide bonds. The Hall–Kier alpha value is -1.06. The lowest BCUT2D eigenvalue weighted by Crippen LogP contribution is -2.37. The Kier molecular flexibility index (Phi) is 8.58. The average Bonchev–Trinajstić information content (AvgIpc) is 2.19. The second-order valence-electron chi connectivity index (χ2n) is 4.05. The number of carbonyl (C=O) groups is 2. The van der Waals surface area contributed by atoms with E-state index in [0.29, 0.717) is 0 Å². The number of hydrogen-bond donors (Lipinski definition) is 1. The minimum atomic E-state index is -0.302. The zero-order valence-electron chi connectivity index (χ0n) is 10.5. The van der Waals surface area contributed by atoms with Crippen LogP contribution in [0.1, 0.15) is 52.9 Å². The Balaban J connectivity index is 3.80. The molecular formula is C12H23NO3. The van der Waals surface area contributed by atoms with Crippen LogP contribution in [-0.2, 0) is 14.3 Å². The minimum absolute atomic E-state index is 0.0433. The number of hydrogen-bond acceptors (Lipinski definition) is 3. The number of esters is 1. The average molecular weight is 229 g/mol. The Morgan fingerprint density at radius 1 is 1.19 bits per heavy atom. The van der Waals surface area contributed by atoms with Gasteiger partial charge in [0.05, 0.1) is 6.04 Å². The van der Waals surface area contributed by atoms with Crippen molar-refractivity contribution in [3.8, 4) is 0 Å². The highest BCUT2D eigenvalue weighted by Crippen LogP contribution is 2.06. The van der Waals surface area contributed by atoms with Gasteiger partial charge in [-0.3, -0.25) is 9.59 Å². The number of rotatable bonds is 8. The van der Waals surface area contributed by atoms with Crippen molar-refractivity contribution >= 4 is 11.9 Å². The van der Waals surface area contributed by atoms with Gasteiger partial charge in [-0.15, -0.1) is 0 Å². The minimum Gasteiger partial charge on any atom is -0.464 e. The van der Waals surface area contributed by atoms with E-state index in [1.807, 2.05) is 0 Å². The Morgan fingerprint density at radius 2 is 1.88 bits per heavy atom. The molecule has 0 aromatic carbocycles. The van der Waals surface area contributed by atoms with Crippen LogP contribution in [0, 0.1) is 0 Å². The maximum absolute atomic E-state index is 10.9. The molecule has 0 aromatic rings. The van der Waals surface area contributed by atoms with E-state index >= 15 is 0 Å². The molecule has 0 fully saturated rings. The molecule has 0 aliphatic carbocycles. The van der Waals surface area contributed by atoms with Crippen LogP contribution in [-0.4, -0.2) is 24.5 Å². The maximum atomic E-state index is 10.9. The monoisotopic (exact) mass is 229 g/mol. The molecule has 1 N–H and O–H groups in total. The molecule has 94 valence electrons. The topological polar surface area (TPSA) is 55.4 Å². The molecule has 16 heavy (non-hydrogen) atoms. The van der Waals surface area contributed by atoms with Crippen molar-refractivity contribution < 1.29 is 14.3 Å². The highest BCUT2D eigenvalue weighted by molar-refractivity contribution is 5.73. The summed E-state index contributed by atoms with van der Waals surface area (Å²) in [4.78, 5) is 21.6. The molecular weight excluding hydrogens is 206 g/mol. The third-order valence-electron chi connectivity index (χ3n) is 2.30. The lowest BCUT2D eigenvalue weighted by Gasteiger charge is -2.17. The second-order valence-corrected chi connectivity index (χ2v) is 4.05. The maximum Gasteiger partial charge on any atom is 0.302 e. The van der Waals surface area contributed by atoms with Crippen LogP contribution in [0.25, 0.3) is 0 Å². The van der Waals surface area contributed by atoms with E-state index in [1.165, 1.54) is 26.7 Å². The van der Waals surface area contributed by atoms with Crippen LogP contribution >= 0.6 is 0 Å². The van der Waals surface area contributed by atoms with E-state index in [1.54, 1.807) is 0 Å². The standard InChI is InChI=1S/C12H23NO3/c1-4-5-6-7-8-12(13-10(2)14)9-16-11(3)15/h12H,4-9H2,1-3H3,(H,13,14). The molecule has 0 bridgehead atoms. The van der Waals surface area contributed by atoms with E-state index in [2.05, 4.69) is 12.2 Å². The lowest BCUT2D eigenvalue weighted by atomic mass is 10.1. The van der Waals surface area contributed by atoms with E-state index in [0.717, 1.165) is 19.3 Å². The molecule has 0 radical (unpaired) electrons. The largest absolute Gasteiger partial charge is 0.464 e. The summed E-state index contributed by atoms with van der Waals surface area (Å²) in [6.45, 7) is 5.29. The van der Waals surface area contributed by atoms with Crippen molar-refractivity contribution in [3.63, 3.8) is 0 Å². The molecule has 1 atom stereocenters. The molecule has 4 heteroatoms. The first-order valence-corrected chi connectivity index (χ1v) is 5.96. The fourth-order valence-electron chi connectivity index (χ4n) is 1.52. The number of ether oxygens (including phenoxy) is 1. The lowest BCUT2D eigenvalue weighted by molar-refractivity contribution is -0.142. The van der Waals surface area contributed by atoms with Gasteiger partial charge in [-0.05, 0) is 6.42 Å². The molecule has 0 rings (SSSR count). The molecule has 0 aliphatic heterocycles. The highest BCUT2D eigenvalue weighted by atomic mass is 16.5. The first-order valence-electron chi connectivity index (χ1n) is 5.96. The molecule has 0 saturated heterocycles. The van der Waals surface area contributed by atoms with Crippen molar-refractivity contribution in [2.75, 3.05) is 6.61 Å². The van der Waals surface area contributed by atoms with Crippen LogP contribution in [0.15, 0.2) is 0 Å². The van der Waals surface area contributed by atoms with Gasteiger partial charge in [0.2, 0.25) is 5.91 Å². The van der Waals surface area contributed by atoms with Crippen LogP contribution < -0.4 is 5.32 Å². The van der Waals surface area contributed by atoms with Gasteiger partial charge in [0.15, 0.2) is 0 Å². The quantitative estimate of drug-likeness (QED) is 0.512. The van der Waals surface area contributed by atoms with Crippen LogP contribution in [0.2, 0.25) is 0 Å². The van der Waals surface area contributed by atoms with Gasteiger partial charge in [-0.2, -0.15) is 0 Å². The van der Waals surface area contributed by atoms with Crippen molar-refractivity contribution in [1.82, 2.24) is 5.32 Å². The summed E-state index contributed by atoms with van der Waals surface area (Å²) in [6.07, 6.45) is 5.48. The first-order chi connectivity index (χ1) is 7.56. The normalized spacial score (nSPS) is 11.9. The molecule has 0 heterocycles. The fourth-order valence-corrected chi connectivity index (χ4v) is 1.52. The van der Waals surface area contributed by atoms with Crippen LogP contribution in [0.4, 0.5) is 0 Å². The number of amides is 1. The molecule has 4 nitrogen and oxygen atoms in total. The molecule has 0 aromatic heterocycles. The van der Waals surface area contributed by atoms with Gasteiger partial charge in [0.1, 0.15) is 6.61 Å². The van der Waals surface area contributed by atoms with Gasteiger partial charge >= 0.3 is 5.97 Å². The molecule has 0 aliphatic rings. The summed E-state index contributed by atoms with van der Waals surface area (Å²) in [5, 5.41) is 2.80. The van der Waals surface area contributed by atoms with E-state index < -0.39 is 0 Å². The van der Waals surface area contributed by atoms with Crippen LogP contribution in [0.3, 0.4) is 0 Å². The summed E-state index contributed by atoms with van der Waals surface area (Å²) in [7, 11) is 0. The van der Waals surface area contributed by atoms with Crippen molar-refractivity contribution in [2.45, 2.75) is 58.9 Å². The van der Waals surface area contributed by atoms with Crippen LogP contribution in [0.5, 0.6) is 0 Å². The van der Waals surface area contributed by atoms with Gasteiger partial charge < -0.3 is 10.1 Å². The Labute approximate surface area is 97.7 Å². The highest BCUT2D eigenvalue weighted by Gasteiger charge is 2.11. The summed E-state index contributed by atoms with van der Waals surface area (Å²) in [5.41, 5.74) is 0. The fraction of sp³-hybridized carbons (Fsp3) is 0.833. The summed E-state index contributed by atoms with van der Waals surface area (Å²) >= 11 is 0. The zero-order valence-corrected chi connectivity index (χ0v) is 10.5. The molecule has 0 spiro atoms. The first kappa shape index (κ1) is 14.9. The second kappa shape index (κ2) is 9.19. The van der Waals surface area contributed by atoms with Crippen molar-refractivity contribution in [2.24, 2.45) is 0 Å².